The zero-order valence-electron chi connectivity index (χ0n) is 9.52. The minimum Gasteiger partial charge on any atom is -0.479 e. The SMILES string of the molecule is CCC1CN(c2cccc(OCC#N)c2)C1. The highest BCUT2D eigenvalue weighted by Crippen LogP contribution is 2.28. The lowest BCUT2D eigenvalue weighted by atomic mass is 9.96. The van der Waals surface area contributed by atoms with Crippen molar-refractivity contribution >= 4 is 5.69 Å². The number of ether oxygens (including phenoxy) is 1. The molecule has 3 heteroatoms. The van der Waals surface area contributed by atoms with Crippen LogP contribution in [0.25, 0.3) is 0 Å². The quantitative estimate of drug-likeness (QED) is 0.775. The predicted molar refractivity (Wildman–Crippen MR) is 63.5 cm³/mol. The van der Waals surface area contributed by atoms with E-state index >= 15 is 0 Å². The van der Waals surface area contributed by atoms with Gasteiger partial charge in [-0.25, -0.2) is 0 Å². The van der Waals surface area contributed by atoms with Gasteiger partial charge in [0.25, 0.3) is 0 Å². The Kier molecular flexibility index (Phi) is 3.31. The fourth-order valence-corrected chi connectivity index (χ4v) is 1.92. The maximum atomic E-state index is 8.44. The molecule has 0 saturated carbocycles. The summed E-state index contributed by atoms with van der Waals surface area (Å²) in [5, 5.41) is 8.44. The average Bonchev–Trinajstić information content (AvgIpc) is 2.26. The lowest BCUT2D eigenvalue weighted by molar-refractivity contribution is 0.366. The van der Waals surface area contributed by atoms with E-state index in [0.29, 0.717) is 0 Å². The van der Waals surface area contributed by atoms with Crippen molar-refractivity contribution in [3.8, 4) is 11.8 Å². The maximum absolute atomic E-state index is 8.44. The van der Waals surface area contributed by atoms with Gasteiger partial charge in [-0.1, -0.05) is 13.0 Å². The Balaban J connectivity index is 1.98. The first-order valence-corrected chi connectivity index (χ1v) is 5.68. The van der Waals surface area contributed by atoms with Gasteiger partial charge in [-0.3, -0.25) is 0 Å². The molecule has 1 aromatic carbocycles. The molecule has 0 amide bonds. The van der Waals surface area contributed by atoms with Crippen LogP contribution in [0.2, 0.25) is 0 Å². The third kappa shape index (κ3) is 2.27. The van der Waals surface area contributed by atoms with Crippen LogP contribution < -0.4 is 9.64 Å². The van der Waals surface area contributed by atoms with Gasteiger partial charge in [0.05, 0.1) is 0 Å². The zero-order valence-corrected chi connectivity index (χ0v) is 9.52. The molecule has 1 aliphatic heterocycles. The van der Waals surface area contributed by atoms with Crippen molar-refractivity contribution in [3.63, 3.8) is 0 Å². The molecule has 0 aliphatic carbocycles. The summed E-state index contributed by atoms with van der Waals surface area (Å²) in [7, 11) is 0. The standard InChI is InChI=1S/C13H16N2O/c1-2-11-9-15(10-11)12-4-3-5-13(8-12)16-7-6-14/h3-5,8,11H,2,7,9-10H2,1H3. The molecule has 0 radical (unpaired) electrons. The number of benzene rings is 1. The topological polar surface area (TPSA) is 36.3 Å². The number of rotatable bonds is 4. The minimum absolute atomic E-state index is 0.112. The van der Waals surface area contributed by atoms with Gasteiger partial charge < -0.3 is 9.64 Å². The van der Waals surface area contributed by atoms with Crippen LogP contribution in [0.15, 0.2) is 24.3 Å². The molecule has 1 fully saturated rings. The van der Waals surface area contributed by atoms with Crippen LogP contribution >= 0.6 is 0 Å². The van der Waals surface area contributed by atoms with E-state index in [1.807, 2.05) is 24.3 Å². The summed E-state index contributed by atoms with van der Waals surface area (Å²) < 4.78 is 5.28. The second-order valence-corrected chi connectivity index (χ2v) is 4.12. The fraction of sp³-hybridized carbons (Fsp3) is 0.462. The summed E-state index contributed by atoms with van der Waals surface area (Å²) in [6, 6.07) is 9.93. The Morgan fingerprint density at radius 1 is 1.50 bits per heavy atom. The van der Waals surface area contributed by atoms with Crippen LogP contribution in [0, 0.1) is 17.2 Å². The molecule has 16 heavy (non-hydrogen) atoms. The summed E-state index contributed by atoms with van der Waals surface area (Å²) in [6.45, 7) is 4.62. The van der Waals surface area contributed by atoms with Crippen molar-refractivity contribution < 1.29 is 4.74 Å². The predicted octanol–water partition coefficient (Wildman–Crippen LogP) is 2.44. The summed E-state index contributed by atoms with van der Waals surface area (Å²) in [5.41, 5.74) is 1.19. The molecule has 84 valence electrons. The molecule has 0 unspecified atom stereocenters. The molecule has 1 aromatic rings. The van der Waals surface area contributed by atoms with E-state index in [0.717, 1.165) is 24.8 Å². The van der Waals surface area contributed by atoms with Gasteiger partial charge in [0.2, 0.25) is 0 Å². The van der Waals surface area contributed by atoms with Gasteiger partial charge in [-0.05, 0) is 24.5 Å². The third-order valence-corrected chi connectivity index (χ3v) is 3.02. The molecule has 0 spiro atoms. The molecular weight excluding hydrogens is 200 g/mol. The Bertz CT molecular complexity index is 391. The normalized spacial score (nSPS) is 15.4. The van der Waals surface area contributed by atoms with Crippen LogP contribution in [0.5, 0.6) is 5.75 Å². The Hall–Kier alpha value is -1.69. The van der Waals surface area contributed by atoms with E-state index in [-0.39, 0.29) is 6.61 Å². The Morgan fingerprint density at radius 3 is 3.00 bits per heavy atom. The van der Waals surface area contributed by atoms with Gasteiger partial charge in [-0.2, -0.15) is 5.26 Å². The van der Waals surface area contributed by atoms with Gasteiger partial charge in [-0.15, -0.1) is 0 Å². The second-order valence-electron chi connectivity index (χ2n) is 4.12. The molecule has 1 heterocycles. The molecule has 0 N–H and O–H groups in total. The lowest BCUT2D eigenvalue weighted by Gasteiger charge is -2.40. The molecule has 0 atom stereocenters. The van der Waals surface area contributed by atoms with Crippen molar-refractivity contribution in [3.05, 3.63) is 24.3 Å². The number of hydrogen-bond donors (Lipinski definition) is 0. The average molecular weight is 216 g/mol. The van der Waals surface area contributed by atoms with Gasteiger partial charge in [0.15, 0.2) is 6.61 Å². The molecule has 0 aromatic heterocycles. The molecular formula is C13H16N2O. The third-order valence-electron chi connectivity index (χ3n) is 3.02. The highest BCUT2D eigenvalue weighted by molar-refractivity contribution is 5.52. The van der Waals surface area contributed by atoms with Crippen LogP contribution in [0.1, 0.15) is 13.3 Å². The number of nitrogens with zero attached hydrogens (tertiary/aromatic N) is 2. The van der Waals surface area contributed by atoms with Crippen LogP contribution in [-0.4, -0.2) is 19.7 Å². The molecule has 1 saturated heterocycles. The van der Waals surface area contributed by atoms with Crippen LogP contribution in [0.3, 0.4) is 0 Å². The largest absolute Gasteiger partial charge is 0.479 e. The van der Waals surface area contributed by atoms with E-state index < -0.39 is 0 Å². The Labute approximate surface area is 96.2 Å². The second kappa shape index (κ2) is 4.89. The van der Waals surface area contributed by atoms with E-state index in [9.17, 15) is 0 Å². The van der Waals surface area contributed by atoms with Crippen LogP contribution in [0.4, 0.5) is 5.69 Å². The van der Waals surface area contributed by atoms with Crippen molar-refractivity contribution in [1.29, 1.82) is 5.26 Å². The summed E-state index contributed by atoms with van der Waals surface area (Å²) in [6.07, 6.45) is 1.25. The zero-order chi connectivity index (χ0) is 11.4. The molecule has 1 aliphatic rings. The van der Waals surface area contributed by atoms with Crippen molar-refractivity contribution in [2.45, 2.75) is 13.3 Å². The minimum atomic E-state index is 0.112. The van der Waals surface area contributed by atoms with Gasteiger partial charge in [0, 0.05) is 24.8 Å². The van der Waals surface area contributed by atoms with Crippen molar-refractivity contribution in [2.75, 3.05) is 24.6 Å². The lowest BCUT2D eigenvalue weighted by Crippen LogP contribution is -2.46. The number of anilines is 1. The van der Waals surface area contributed by atoms with E-state index in [4.69, 9.17) is 10.00 Å². The summed E-state index contributed by atoms with van der Waals surface area (Å²) >= 11 is 0. The fourth-order valence-electron chi connectivity index (χ4n) is 1.92. The van der Waals surface area contributed by atoms with E-state index in [2.05, 4.69) is 17.9 Å². The molecule has 2 rings (SSSR count). The van der Waals surface area contributed by atoms with E-state index in [1.165, 1.54) is 12.1 Å². The monoisotopic (exact) mass is 216 g/mol. The van der Waals surface area contributed by atoms with E-state index in [1.54, 1.807) is 0 Å². The first kappa shape index (κ1) is 10.8. The number of nitriles is 1. The summed E-state index contributed by atoms with van der Waals surface area (Å²) in [4.78, 5) is 2.34. The Morgan fingerprint density at radius 2 is 2.31 bits per heavy atom. The van der Waals surface area contributed by atoms with Crippen LogP contribution in [-0.2, 0) is 0 Å². The van der Waals surface area contributed by atoms with Crippen molar-refractivity contribution in [2.24, 2.45) is 5.92 Å². The van der Waals surface area contributed by atoms with Gasteiger partial charge in [0.1, 0.15) is 11.8 Å². The molecule has 3 nitrogen and oxygen atoms in total. The smallest absolute Gasteiger partial charge is 0.174 e. The summed E-state index contributed by atoms with van der Waals surface area (Å²) in [5.74, 6) is 1.61. The van der Waals surface area contributed by atoms with Gasteiger partial charge >= 0.3 is 0 Å². The maximum Gasteiger partial charge on any atom is 0.174 e. The first-order valence-electron chi connectivity index (χ1n) is 5.68. The van der Waals surface area contributed by atoms with Crippen molar-refractivity contribution in [1.82, 2.24) is 0 Å². The highest BCUT2D eigenvalue weighted by Gasteiger charge is 2.25. The highest BCUT2D eigenvalue weighted by atomic mass is 16.5. The number of hydrogen-bond acceptors (Lipinski definition) is 3. The molecule has 0 bridgehead atoms. The first-order chi connectivity index (χ1) is 7.83.